The lowest BCUT2D eigenvalue weighted by molar-refractivity contribution is -0.205. The Balaban J connectivity index is 0.00000124. The van der Waals surface area contributed by atoms with Crippen molar-refractivity contribution in [1.29, 1.82) is 0 Å². The average molecular weight is 1590 g/mol. The third-order valence-corrected chi connectivity index (χ3v) is 20.4. The second-order valence-electron chi connectivity index (χ2n) is 29.7. The number of thioether (sulfide) groups is 1. The zero-order valence-electron chi connectivity index (χ0n) is 65.8. The molecule has 0 aromatic heterocycles. The first-order chi connectivity index (χ1) is 51.4. The third-order valence-electron chi connectivity index (χ3n) is 19.3. The molecule has 0 spiro atoms. The van der Waals surface area contributed by atoms with Gasteiger partial charge in [-0.2, -0.15) is 0 Å². The Kier molecular flexibility index (Phi) is 46.7. The van der Waals surface area contributed by atoms with Gasteiger partial charge >= 0.3 is 0 Å². The van der Waals surface area contributed by atoms with Crippen molar-refractivity contribution in [3.05, 3.63) is 0 Å². The molecule has 27 N–H and O–H groups in total. The second-order valence-corrected chi connectivity index (χ2v) is 31.3. The first-order valence-electron chi connectivity index (χ1n) is 38.4. The van der Waals surface area contributed by atoms with Crippen LogP contribution in [0.1, 0.15) is 172 Å². The van der Waals surface area contributed by atoms with Crippen LogP contribution in [0.15, 0.2) is 0 Å². The van der Waals surface area contributed by atoms with E-state index in [0.29, 0.717) is 18.3 Å². The predicted molar refractivity (Wildman–Crippen MR) is 412 cm³/mol. The summed E-state index contributed by atoms with van der Waals surface area (Å²) in [6.45, 7) is 17.4. The molecule has 3 fully saturated rings. The van der Waals surface area contributed by atoms with E-state index in [1.54, 1.807) is 40.9 Å². The van der Waals surface area contributed by atoms with Crippen molar-refractivity contribution >= 4 is 94.2 Å². The van der Waals surface area contributed by atoms with Gasteiger partial charge in [0.25, 0.3) is 0 Å². The SMILES string of the molecule is CCC(C)CCCCC(=O)NC(CCN)C(=O)N[C@H](C(=O)NC(CCN)C(=O)NC1CCNC(=O)[C@H](C(C)O)NC(=O)C(CCN)NC(=O)C(CCN)NC(=O)[C@H](CC(C)C)NC(=O)[C@@H](CC(C)C)NC(=O)C(CCN)NC1=O)[C@@H](C)O.CCC[C@@H]1C[C@@H](C(=O)NC([C@H](C)Cl)[C@H]2O[C@H](SC)[C@H](O)[C@@H](O)[C@H]2O)N(C)C1. The lowest BCUT2D eigenvalue weighted by Crippen LogP contribution is -2.65. The maximum Gasteiger partial charge on any atom is 0.245 e. The summed E-state index contributed by atoms with van der Waals surface area (Å²) >= 11 is 7.55. The van der Waals surface area contributed by atoms with Crippen LogP contribution in [-0.4, -0.2) is 280 Å². The first kappa shape index (κ1) is 98.9. The molecule has 0 aliphatic carbocycles. The van der Waals surface area contributed by atoms with Crippen molar-refractivity contribution < 1.29 is 87.8 Å². The molecular formula is C71H133ClN18O18S. The summed E-state index contributed by atoms with van der Waals surface area (Å²) in [5.74, 6) is -9.14. The van der Waals surface area contributed by atoms with Crippen LogP contribution in [0.5, 0.6) is 0 Å². The van der Waals surface area contributed by atoms with Crippen molar-refractivity contribution in [2.75, 3.05) is 59.1 Å². The van der Waals surface area contributed by atoms with E-state index in [-0.39, 0.29) is 108 Å². The van der Waals surface area contributed by atoms with Crippen LogP contribution in [0.25, 0.3) is 0 Å². The summed E-state index contributed by atoms with van der Waals surface area (Å²) in [6.07, 6.45) is -0.858. The summed E-state index contributed by atoms with van der Waals surface area (Å²) in [6, 6.07) is -15.4. The van der Waals surface area contributed by atoms with Crippen LogP contribution in [0, 0.1) is 23.7 Å². The third kappa shape index (κ3) is 34.0. The number of likely N-dealkylation sites (N-methyl/N-ethyl adjacent to an activating group) is 1. The van der Waals surface area contributed by atoms with Gasteiger partial charge in [0.1, 0.15) is 90.3 Å². The topological polar surface area (TPSA) is 593 Å². The second kappa shape index (κ2) is 51.4. The average Bonchev–Trinajstić information content (AvgIpc) is 1.57. The number of alkyl halides is 1. The van der Waals surface area contributed by atoms with Crippen LogP contribution in [-0.2, 0) is 62.3 Å². The van der Waals surface area contributed by atoms with E-state index >= 15 is 0 Å². The monoisotopic (exact) mass is 1590 g/mol. The standard InChI is InChI=1S/C53H100N16O13.C18H33ClN2O5S/c1-9-30(6)12-10-11-13-41(72)60-33(14-20-54)48(77)69-43(32(8)71)53(82)65-36(17-23-57)45(74)64-38-19-25-59-52(81)42(31(7)70)68-49(78)37(18-24-58)62-44(73)34(15-21-55)63-50(79)39(26-28(2)3)67-51(80)40(27-29(4)5)66-46(75)35(16-22-56)61-47(38)76;1-5-6-10-7-11(21(3)8-10)17(25)20-12(9(2)19)16-14(23)13(22)15(24)18(26-16)27-4/h28-40,42-43,70-71H,9-27,54-58H2,1-8H3,(H,59,81)(H,60,72)(H,61,76)(H,62,73)(H,63,79)(H,64,74)(H,65,82)(H,66,75)(H,67,80)(H,68,78)(H,69,77);9-16,18,22-24H,5-8H2,1-4H3,(H,20,25)/t30?,31?,32-,33?,34?,35?,36?,37?,38?,39+,40-,42+,43+;9-,10+,11-,12?,13-,14+,15+,16+,18+/m10/s1. The molecule has 9 unspecified atom stereocenters. The molecule has 3 saturated heterocycles. The van der Waals surface area contributed by atoms with Crippen LogP contribution in [0.3, 0.4) is 0 Å². The maximum absolute atomic E-state index is 14.4. The molecule has 3 heterocycles. The Morgan fingerprint density at radius 2 is 1.09 bits per heavy atom. The van der Waals surface area contributed by atoms with Gasteiger partial charge in [-0.15, -0.1) is 23.4 Å². The van der Waals surface area contributed by atoms with Gasteiger partial charge in [0, 0.05) is 19.5 Å². The number of nitrogens with one attached hydrogen (secondary N) is 12. The Hall–Kier alpha value is -6.20. The molecule has 109 heavy (non-hydrogen) atoms. The highest BCUT2D eigenvalue weighted by molar-refractivity contribution is 7.99. The molecule has 0 bridgehead atoms. The van der Waals surface area contributed by atoms with Crippen LogP contribution >= 0.6 is 23.4 Å². The Bertz CT molecular complexity index is 2860. The highest BCUT2D eigenvalue weighted by Gasteiger charge is 2.49. The van der Waals surface area contributed by atoms with E-state index in [0.717, 1.165) is 45.1 Å². The molecule has 0 aromatic rings. The minimum Gasteiger partial charge on any atom is -0.391 e. The number of rotatable bonds is 36. The molecule has 0 aromatic carbocycles. The molecule has 38 heteroatoms. The predicted octanol–water partition coefficient (Wildman–Crippen LogP) is -5.05. The number of aliphatic hydroxyl groups is 5. The fourth-order valence-electron chi connectivity index (χ4n) is 12.9. The van der Waals surface area contributed by atoms with Gasteiger partial charge in [0.15, 0.2) is 0 Å². The van der Waals surface area contributed by atoms with Gasteiger partial charge in [-0.25, -0.2) is 0 Å². The number of halogens is 1. The van der Waals surface area contributed by atoms with E-state index < -0.39 is 192 Å². The maximum atomic E-state index is 14.4. The highest BCUT2D eigenvalue weighted by atomic mass is 35.5. The van der Waals surface area contributed by atoms with Gasteiger partial charge in [0.05, 0.1) is 29.7 Å². The van der Waals surface area contributed by atoms with Gasteiger partial charge in [0.2, 0.25) is 70.9 Å². The molecule has 22 atom stereocenters. The van der Waals surface area contributed by atoms with Crippen molar-refractivity contribution in [2.45, 2.75) is 292 Å². The number of carbonyl (C=O) groups is 12. The molecular weight excluding hydrogens is 1460 g/mol. The zero-order chi connectivity index (χ0) is 82.5. The fourth-order valence-corrected chi connectivity index (χ4v) is 13.8. The summed E-state index contributed by atoms with van der Waals surface area (Å²) in [4.78, 5) is 168. The van der Waals surface area contributed by atoms with E-state index in [2.05, 4.69) is 84.6 Å². The normalized spacial score (nSPS) is 27.5. The van der Waals surface area contributed by atoms with E-state index in [9.17, 15) is 83.1 Å². The number of hydrogen-bond donors (Lipinski definition) is 22. The van der Waals surface area contributed by atoms with Crippen molar-refractivity contribution in [3.8, 4) is 0 Å². The number of hydrogen-bond acceptors (Lipinski definition) is 25. The molecule has 3 aliphatic rings. The van der Waals surface area contributed by atoms with Gasteiger partial charge in [-0.3, -0.25) is 62.4 Å². The number of nitrogens with two attached hydrogens (primary N) is 5. The van der Waals surface area contributed by atoms with Crippen molar-refractivity contribution in [1.82, 2.24) is 68.7 Å². The largest absolute Gasteiger partial charge is 0.391 e. The summed E-state index contributed by atoms with van der Waals surface area (Å²) < 4.78 is 5.79. The van der Waals surface area contributed by atoms with Crippen LogP contribution in [0.4, 0.5) is 0 Å². The van der Waals surface area contributed by atoms with Gasteiger partial charge < -0.3 is 123 Å². The summed E-state index contributed by atoms with van der Waals surface area (Å²) in [5, 5.41) is 82.5. The van der Waals surface area contributed by atoms with Crippen LogP contribution in [0.2, 0.25) is 0 Å². The van der Waals surface area contributed by atoms with Crippen molar-refractivity contribution in [2.24, 2.45) is 52.3 Å². The highest BCUT2D eigenvalue weighted by Crippen LogP contribution is 2.32. The minimum absolute atomic E-state index is 0.0131. The Morgan fingerprint density at radius 1 is 0.596 bits per heavy atom. The van der Waals surface area contributed by atoms with Gasteiger partial charge in [-0.1, -0.05) is 74.1 Å². The minimum atomic E-state index is -1.69. The zero-order valence-corrected chi connectivity index (χ0v) is 67.4. The molecule has 3 rings (SSSR count). The Labute approximate surface area is 651 Å². The van der Waals surface area contributed by atoms with Crippen molar-refractivity contribution in [3.63, 3.8) is 0 Å². The lowest BCUT2D eigenvalue weighted by Gasteiger charge is -2.44. The number of carbonyl (C=O) groups excluding carboxylic acids is 12. The Morgan fingerprint density at radius 3 is 1.55 bits per heavy atom. The number of ether oxygens (including phenoxy) is 1. The number of nitrogens with zero attached hydrogens (tertiary/aromatic N) is 1. The van der Waals surface area contributed by atoms with E-state index in [4.69, 9.17) is 45.0 Å². The molecule has 0 radical (unpaired) electrons. The number of aliphatic hydroxyl groups excluding tert-OH is 5. The van der Waals surface area contributed by atoms with E-state index in [1.165, 1.54) is 25.6 Å². The lowest BCUT2D eigenvalue weighted by atomic mass is 9.92. The molecule has 628 valence electrons. The van der Waals surface area contributed by atoms with Crippen LogP contribution < -0.4 is 92.5 Å². The number of likely N-dealkylation sites (tertiary alicyclic amines) is 1. The summed E-state index contributed by atoms with van der Waals surface area (Å²) in [5.41, 5.74) is 28.5. The molecule has 12 amide bonds. The van der Waals surface area contributed by atoms with Gasteiger partial charge in [-0.05, 0) is 161 Å². The van der Waals surface area contributed by atoms with E-state index in [1.807, 2.05) is 11.9 Å². The smallest absolute Gasteiger partial charge is 0.245 e. The first-order valence-corrected chi connectivity index (χ1v) is 40.2. The molecule has 36 nitrogen and oxygen atoms in total. The summed E-state index contributed by atoms with van der Waals surface area (Å²) in [7, 11) is 1.94. The number of amides is 12. The fraction of sp³-hybridized carbons (Fsp3) is 0.831. The number of unbranched alkanes of at least 4 members (excludes halogenated alkanes) is 1. The molecule has 3 aliphatic heterocycles. The molecule has 0 saturated carbocycles. The quantitative estimate of drug-likeness (QED) is 0.0206.